The molecule has 2 unspecified atom stereocenters. The van der Waals surface area contributed by atoms with Crippen LogP contribution in [0.25, 0.3) is 0 Å². The molecule has 116 valence electrons. The molecule has 1 saturated heterocycles. The first-order valence-corrected chi connectivity index (χ1v) is 9.60. The smallest absolute Gasteiger partial charge is 0.407 e. The Hall–Kier alpha value is -0.780. The van der Waals surface area contributed by atoms with Crippen LogP contribution in [0.15, 0.2) is 0 Å². The molecule has 20 heavy (non-hydrogen) atoms. The van der Waals surface area contributed by atoms with Crippen LogP contribution in [0, 0.1) is 11.8 Å². The van der Waals surface area contributed by atoms with E-state index in [-0.39, 0.29) is 17.7 Å². The van der Waals surface area contributed by atoms with Crippen molar-refractivity contribution in [3.05, 3.63) is 0 Å². The average molecular weight is 303 g/mol. The number of piperidine rings is 1. The zero-order valence-electron chi connectivity index (χ0n) is 12.1. The zero-order chi connectivity index (χ0) is 14.8. The van der Waals surface area contributed by atoms with E-state index in [1.807, 2.05) is 0 Å². The van der Waals surface area contributed by atoms with Crippen LogP contribution >= 0.6 is 0 Å². The van der Waals surface area contributed by atoms with Crippen molar-refractivity contribution in [1.29, 1.82) is 0 Å². The van der Waals surface area contributed by atoms with Crippen LogP contribution in [0.4, 0.5) is 4.79 Å². The number of carboxylic acid groups (broad SMARTS) is 1. The molecule has 6 heteroatoms. The SMILES string of the molecule is CS(=O)(=O)CC1CCN(C(=O)O)C(C2CCCCC2)C1. The quantitative estimate of drug-likeness (QED) is 0.868. The summed E-state index contributed by atoms with van der Waals surface area (Å²) in [5.41, 5.74) is 0. The van der Waals surface area contributed by atoms with Crippen molar-refractivity contribution in [3.8, 4) is 0 Å². The van der Waals surface area contributed by atoms with E-state index in [9.17, 15) is 18.3 Å². The summed E-state index contributed by atoms with van der Waals surface area (Å²) in [6.45, 7) is 0.483. The van der Waals surface area contributed by atoms with Crippen molar-refractivity contribution in [2.75, 3.05) is 18.6 Å². The first kappa shape index (κ1) is 15.6. The topological polar surface area (TPSA) is 74.7 Å². The molecule has 0 bridgehead atoms. The van der Waals surface area contributed by atoms with Gasteiger partial charge in [-0.2, -0.15) is 0 Å². The van der Waals surface area contributed by atoms with Gasteiger partial charge in [-0.25, -0.2) is 13.2 Å². The van der Waals surface area contributed by atoms with Gasteiger partial charge >= 0.3 is 6.09 Å². The van der Waals surface area contributed by atoms with Gasteiger partial charge in [0, 0.05) is 18.8 Å². The summed E-state index contributed by atoms with van der Waals surface area (Å²) < 4.78 is 22.9. The third-order valence-corrected chi connectivity index (χ3v) is 5.81. The minimum absolute atomic E-state index is 0.0216. The molecular weight excluding hydrogens is 278 g/mol. The lowest BCUT2D eigenvalue weighted by Gasteiger charge is -2.43. The fourth-order valence-corrected chi connectivity index (χ4v) is 5.02. The minimum Gasteiger partial charge on any atom is -0.465 e. The van der Waals surface area contributed by atoms with E-state index < -0.39 is 15.9 Å². The van der Waals surface area contributed by atoms with Gasteiger partial charge in [0.05, 0.1) is 5.75 Å². The number of hydrogen-bond donors (Lipinski definition) is 1. The summed E-state index contributed by atoms with van der Waals surface area (Å²) in [7, 11) is -2.98. The Balaban J connectivity index is 2.07. The number of sulfone groups is 1. The Morgan fingerprint density at radius 1 is 1.20 bits per heavy atom. The van der Waals surface area contributed by atoms with Crippen LogP contribution < -0.4 is 0 Å². The predicted molar refractivity (Wildman–Crippen MR) is 77.5 cm³/mol. The maximum Gasteiger partial charge on any atom is 0.407 e. The van der Waals surface area contributed by atoms with Gasteiger partial charge in [0.25, 0.3) is 0 Å². The van der Waals surface area contributed by atoms with E-state index in [1.54, 1.807) is 4.90 Å². The molecule has 0 spiro atoms. The first-order chi connectivity index (χ1) is 9.37. The molecule has 0 aromatic heterocycles. The van der Waals surface area contributed by atoms with E-state index >= 15 is 0 Å². The van der Waals surface area contributed by atoms with E-state index in [1.165, 1.54) is 25.5 Å². The summed E-state index contributed by atoms with van der Waals surface area (Å²) in [5.74, 6) is 0.735. The molecule has 0 aromatic carbocycles. The normalized spacial score (nSPS) is 29.4. The molecule has 2 atom stereocenters. The van der Waals surface area contributed by atoms with Gasteiger partial charge in [0.15, 0.2) is 0 Å². The molecule has 1 amide bonds. The highest BCUT2D eigenvalue weighted by atomic mass is 32.2. The summed E-state index contributed by atoms with van der Waals surface area (Å²) in [6.07, 6.45) is 7.55. The number of likely N-dealkylation sites (tertiary alicyclic amines) is 1. The van der Waals surface area contributed by atoms with E-state index in [2.05, 4.69) is 0 Å². The highest BCUT2D eigenvalue weighted by molar-refractivity contribution is 7.90. The fourth-order valence-electron chi connectivity index (χ4n) is 3.86. The summed E-state index contributed by atoms with van der Waals surface area (Å²) in [6, 6.07) is 0.0216. The van der Waals surface area contributed by atoms with Gasteiger partial charge in [0.2, 0.25) is 0 Å². The zero-order valence-corrected chi connectivity index (χ0v) is 12.9. The van der Waals surface area contributed by atoms with Gasteiger partial charge in [-0.3, -0.25) is 0 Å². The minimum atomic E-state index is -2.98. The highest BCUT2D eigenvalue weighted by Gasteiger charge is 2.37. The van der Waals surface area contributed by atoms with Crippen LogP contribution in [0.2, 0.25) is 0 Å². The van der Waals surface area contributed by atoms with Crippen molar-refractivity contribution in [1.82, 2.24) is 4.90 Å². The maximum atomic E-state index is 11.5. The van der Waals surface area contributed by atoms with Gasteiger partial charge in [-0.05, 0) is 37.5 Å². The molecule has 5 nitrogen and oxygen atoms in total. The van der Waals surface area contributed by atoms with E-state index in [0.717, 1.165) is 12.8 Å². The Morgan fingerprint density at radius 2 is 1.85 bits per heavy atom. The molecule has 0 aromatic rings. The van der Waals surface area contributed by atoms with Crippen molar-refractivity contribution < 1.29 is 18.3 Å². The van der Waals surface area contributed by atoms with Crippen molar-refractivity contribution in [2.24, 2.45) is 11.8 Å². The Kier molecular flexibility index (Phi) is 4.94. The molecule has 0 radical (unpaired) electrons. The molecule has 1 aliphatic heterocycles. The van der Waals surface area contributed by atoms with Gasteiger partial charge in [-0.1, -0.05) is 19.3 Å². The second kappa shape index (κ2) is 6.33. The van der Waals surface area contributed by atoms with E-state index in [0.29, 0.717) is 25.3 Å². The lowest BCUT2D eigenvalue weighted by molar-refractivity contribution is 0.0572. The molecule has 1 saturated carbocycles. The third kappa shape index (κ3) is 4.11. The number of nitrogens with zero attached hydrogens (tertiary/aromatic N) is 1. The molecule has 2 rings (SSSR count). The summed E-state index contributed by atoms with van der Waals surface area (Å²) >= 11 is 0. The average Bonchev–Trinajstić information content (AvgIpc) is 2.37. The van der Waals surface area contributed by atoms with Crippen molar-refractivity contribution in [2.45, 2.75) is 51.0 Å². The monoisotopic (exact) mass is 303 g/mol. The summed E-state index contributed by atoms with van der Waals surface area (Å²) in [5, 5.41) is 9.37. The van der Waals surface area contributed by atoms with Crippen LogP contribution in [0.3, 0.4) is 0 Å². The molecule has 1 heterocycles. The van der Waals surface area contributed by atoms with Crippen LogP contribution in [0.1, 0.15) is 44.9 Å². The van der Waals surface area contributed by atoms with Crippen LogP contribution in [-0.4, -0.2) is 49.1 Å². The van der Waals surface area contributed by atoms with Crippen LogP contribution in [-0.2, 0) is 9.84 Å². The standard InChI is InChI=1S/C14H25NO4S/c1-20(18,19)10-11-7-8-15(14(16)17)13(9-11)12-5-3-2-4-6-12/h11-13H,2-10H2,1H3,(H,16,17). The van der Waals surface area contributed by atoms with Crippen molar-refractivity contribution >= 4 is 15.9 Å². The fraction of sp³-hybridized carbons (Fsp3) is 0.929. The van der Waals surface area contributed by atoms with Crippen LogP contribution in [0.5, 0.6) is 0 Å². The van der Waals surface area contributed by atoms with E-state index in [4.69, 9.17) is 0 Å². The largest absolute Gasteiger partial charge is 0.465 e. The Bertz CT molecular complexity index is 442. The first-order valence-electron chi connectivity index (χ1n) is 7.54. The third-order valence-electron chi connectivity index (χ3n) is 4.73. The highest BCUT2D eigenvalue weighted by Crippen LogP contribution is 2.36. The number of hydrogen-bond acceptors (Lipinski definition) is 3. The number of rotatable bonds is 3. The number of carbonyl (C=O) groups is 1. The van der Waals surface area contributed by atoms with Gasteiger partial charge in [0.1, 0.15) is 9.84 Å². The molecule has 2 aliphatic rings. The molecule has 1 aliphatic carbocycles. The summed E-state index contributed by atoms with van der Waals surface area (Å²) in [4.78, 5) is 13.0. The lowest BCUT2D eigenvalue weighted by Crippen LogP contribution is -2.50. The lowest BCUT2D eigenvalue weighted by atomic mass is 9.77. The Morgan fingerprint density at radius 3 is 2.40 bits per heavy atom. The second-order valence-corrected chi connectivity index (χ2v) is 8.61. The maximum absolute atomic E-state index is 11.5. The van der Waals surface area contributed by atoms with Crippen molar-refractivity contribution in [3.63, 3.8) is 0 Å². The molecule has 2 fully saturated rings. The Labute approximate surface area is 121 Å². The van der Waals surface area contributed by atoms with Gasteiger partial charge in [-0.15, -0.1) is 0 Å². The van der Waals surface area contributed by atoms with Gasteiger partial charge < -0.3 is 10.0 Å². The predicted octanol–water partition coefficient (Wildman–Crippen LogP) is 2.37. The number of amides is 1. The second-order valence-electron chi connectivity index (χ2n) is 6.42. The molecule has 1 N–H and O–H groups in total. The molecular formula is C14H25NO4S.